The summed E-state index contributed by atoms with van der Waals surface area (Å²) in [5, 5.41) is 7.62. The highest BCUT2D eigenvalue weighted by Gasteiger charge is 2.46. The third-order valence-electron chi connectivity index (χ3n) is 3.29. The maximum absolute atomic E-state index is 13.3. The van der Waals surface area contributed by atoms with Crippen molar-refractivity contribution in [2.75, 3.05) is 0 Å². The number of benzene rings is 1. The third kappa shape index (κ3) is 2.60. The van der Waals surface area contributed by atoms with Gasteiger partial charge in [-0.2, -0.15) is 0 Å². The highest BCUT2D eigenvalue weighted by molar-refractivity contribution is 7.92. The molecule has 2 rings (SSSR count). The minimum atomic E-state index is -4.05. The second-order valence-corrected chi connectivity index (χ2v) is 6.72. The van der Waals surface area contributed by atoms with Gasteiger partial charge in [0.05, 0.1) is 16.1 Å². The van der Waals surface area contributed by atoms with Crippen LogP contribution in [0.3, 0.4) is 0 Å². The van der Waals surface area contributed by atoms with Gasteiger partial charge in [0.15, 0.2) is 9.84 Å². The smallest absolute Gasteiger partial charge is 0.307 e. The number of carboxylic acid groups (broad SMARTS) is 1. The van der Waals surface area contributed by atoms with Crippen molar-refractivity contribution < 1.29 is 27.1 Å². The predicted octanol–water partition coefficient (Wildman–Crippen LogP) is 1.80. The van der Waals surface area contributed by atoms with Crippen LogP contribution in [0.5, 0.6) is 0 Å². The lowest BCUT2D eigenvalue weighted by Crippen LogP contribution is -2.30. The van der Waals surface area contributed by atoms with Crippen molar-refractivity contribution >= 4 is 15.8 Å². The normalized spacial score (nSPS) is 27.4. The number of rotatable bonds is 3. The van der Waals surface area contributed by atoms with Crippen LogP contribution in [0, 0.1) is 11.7 Å². The van der Waals surface area contributed by atoms with Crippen molar-refractivity contribution in [1.29, 1.82) is 0 Å². The molecule has 3 atom stereocenters. The molecule has 4 nitrogen and oxygen atoms in total. The molecule has 0 bridgehead atoms. The number of aliphatic carboxylic acids is 1. The first-order chi connectivity index (χ1) is 8.82. The van der Waals surface area contributed by atoms with E-state index in [4.69, 9.17) is 5.11 Å². The average molecular weight is 290 g/mol. The summed E-state index contributed by atoms with van der Waals surface area (Å²) < 4.78 is 50.9. The quantitative estimate of drug-likeness (QED) is 0.921. The fraction of sp³-hybridized carbons (Fsp3) is 0.417. The van der Waals surface area contributed by atoms with Gasteiger partial charge < -0.3 is 5.11 Å². The molecule has 1 unspecified atom stereocenters. The molecular formula is C12H12F2O4S. The summed E-state index contributed by atoms with van der Waals surface area (Å²) in [6.07, 6.45) is -2.15. The van der Waals surface area contributed by atoms with Crippen molar-refractivity contribution in [3.63, 3.8) is 0 Å². The summed E-state index contributed by atoms with van der Waals surface area (Å²) in [6, 6.07) is 4.31. The van der Waals surface area contributed by atoms with Gasteiger partial charge in [0.25, 0.3) is 0 Å². The Balaban J connectivity index is 2.41. The fourth-order valence-corrected chi connectivity index (χ4v) is 4.38. The minimum absolute atomic E-state index is 0.308. The van der Waals surface area contributed by atoms with Gasteiger partial charge in [0.1, 0.15) is 12.0 Å². The maximum atomic E-state index is 13.3. The van der Waals surface area contributed by atoms with E-state index >= 15 is 0 Å². The van der Waals surface area contributed by atoms with Crippen LogP contribution in [-0.4, -0.2) is 30.9 Å². The highest BCUT2D eigenvalue weighted by atomic mass is 32.2. The van der Waals surface area contributed by atoms with Crippen LogP contribution in [0.25, 0.3) is 0 Å². The standard InChI is InChI=1S/C12H12F2O4S/c13-7-2-1-3-9(4-7)19(17,18)11-6-8(14)5-10(11)12(15)16/h1-4,8,10-11H,5-6H2,(H,15,16)/t8-,10-,11?/m1/s1. The van der Waals surface area contributed by atoms with E-state index in [1.54, 1.807) is 0 Å². The van der Waals surface area contributed by atoms with E-state index in [-0.39, 0.29) is 17.7 Å². The maximum Gasteiger partial charge on any atom is 0.307 e. The van der Waals surface area contributed by atoms with E-state index in [1.165, 1.54) is 12.1 Å². The van der Waals surface area contributed by atoms with E-state index in [2.05, 4.69) is 0 Å². The monoisotopic (exact) mass is 290 g/mol. The molecule has 7 heteroatoms. The Kier molecular flexibility index (Phi) is 3.58. The van der Waals surface area contributed by atoms with Crippen molar-refractivity contribution in [3.05, 3.63) is 30.1 Å². The first kappa shape index (κ1) is 13.9. The molecule has 104 valence electrons. The molecular weight excluding hydrogens is 278 g/mol. The van der Waals surface area contributed by atoms with Crippen LogP contribution in [0.2, 0.25) is 0 Å². The van der Waals surface area contributed by atoms with E-state index in [0.717, 1.165) is 12.1 Å². The van der Waals surface area contributed by atoms with Crippen molar-refractivity contribution in [2.45, 2.75) is 29.2 Å². The lowest BCUT2D eigenvalue weighted by molar-refractivity contribution is -0.141. The molecule has 1 aliphatic carbocycles. The topological polar surface area (TPSA) is 71.4 Å². The average Bonchev–Trinajstić information content (AvgIpc) is 2.72. The highest BCUT2D eigenvalue weighted by Crippen LogP contribution is 2.36. The van der Waals surface area contributed by atoms with Gasteiger partial charge >= 0.3 is 5.97 Å². The first-order valence-electron chi connectivity index (χ1n) is 5.68. The Bertz CT molecular complexity index is 600. The molecule has 1 N–H and O–H groups in total. The van der Waals surface area contributed by atoms with Crippen LogP contribution in [0.1, 0.15) is 12.8 Å². The summed E-state index contributed by atoms with van der Waals surface area (Å²) in [5.41, 5.74) is 0. The number of carboxylic acids is 1. The van der Waals surface area contributed by atoms with Crippen LogP contribution in [-0.2, 0) is 14.6 Å². The van der Waals surface area contributed by atoms with Gasteiger partial charge in [0, 0.05) is 0 Å². The Hall–Kier alpha value is -1.50. The molecule has 19 heavy (non-hydrogen) atoms. The lowest BCUT2D eigenvalue weighted by atomic mass is 10.1. The zero-order chi connectivity index (χ0) is 14.2. The molecule has 1 aromatic carbocycles. The van der Waals surface area contributed by atoms with Gasteiger partial charge in [-0.25, -0.2) is 17.2 Å². The molecule has 0 saturated heterocycles. The number of hydrogen-bond donors (Lipinski definition) is 1. The van der Waals surface area contributed by atoms with Crippen LogP contribution >= 0.6 is 0 Å². The third-order valence-corrected chi connectivity index (χ3v) is 5.52. The molecule has 0 radical (unpaired) electrons. The lowest BCUT2D eigenvalue weighted by Gasteiger charge is -2.16. The number of alkyl halides is 1. The molecule has 0 spiro atoms. The Morgan fingerprint density at radius 2 is 2.00 bits per heavy atom. The van der Waals surface area contributed by atoms with Gasteiger partial charge in [-0.15, -0.1) is 0 Å². The first-order valence-corrected chi connectivity index (χ1v) is 7.23. The Morgan fingerprint density at radius 1 is 1.32 bits per heavy atom. The second kappa shape index (κ2) is 4.88. The van der Waals surface area contributed by atoms with Crippen molar-refractivity contribution in [3.8, 4) is 0 Å². The molecule has 0 amide bonds. The SMILES string of the molecule is O=C(O)[C@@H]1C[C@@H](F)CC1S(=O)(=O)c1cccc(F)c1. The molecule has 1 fully saturated rings. The largest absolute Gasteiger partial charge is 0.481 e. The Labute approximate surface area is 109 Å². The minimum Gasteiger partial charge on any atom is -0.481 e. The van der Waals surface area contributed by atoms with Crippen molar-refractivity contribution in [2.24, 2.45) is 5.92 Å². The van der Waals surface area contributed by atoms with Crippen molar-refractivity contribution in [1.82, 2.24) is 0 Å². The predicted molar refractivity (Wildman–Crippen MR) is 62.6 cm³/mol. The van der Waals surface area contributed by atoms with Gasteiger partial charge in [-0.05, 0) is 31.0 Å². The molecule has 1 aliphatic rings. The summed E-state index contributed by atoms with van der Waals surface area (Å²) in [4.78, 5) is 10.7. The van der Waals surface area contributed by atoms with E-state index in [0.29, 0.717) is 0 Å². The van der Waals surface area contributed by atoms with E-state index in [9.17, 15) is 22.0 Å². The number of hydrogen-bond acceptors (Lipinski definition) is 3. The summed E-state index contributed by atoms with van der Waals surface area (Å²) in [5.74, 6) is -3.36. The molecule has 0 aromatic heterocycles. The molecule has 1 aromatic rings. The molecule has 1 saturated carbocycles. The van der Waals surface area contributed by atoms with Crippen LogP contribution in [0.15, 0.2) is 29.2 Å². The summed E-state index contributed by atoms with van der Waals surface area (Å²) in [7, 11) is -4.05. The molecule has 0 heterocycles. The zero-order valence-electron chi connectivity index (χ0n) is 9.79. The fourth-order valence-electron chi connectivity index (χ4n) is 2.36. The number of sulfone groups is 1. The summed E-state index contributed by atoms with van der Waals surface area (Å²) >= 11 is 0. The van der Waals surface area contributed by atoms with E-state index < -0.39 is 39.0 Å². The van der Waals surface area contributed by atoms with Gasteiger partial charge in [0.2, 0.25) is 0 Å². The second-order valence-electron chi connectivity index (χ2n) is 4.55. The van der Waals surface area contributed by atoms with Crippen LogP contribution in [0.4, 0.5) is 8.78 Å². The Morgan fingerprint density at radius 3 is 2.58 bits per heavy atom. The van der Waals surface area contributed by atoms with E-state index in [1.807, 2.05) is 0 Å². The molecule has 0 aliphatic heterocycles. The van der Waals surface area contributed by atoms with Gasteiger partial charge in [-0.3, -0.25) is 4.79 Å². The number of halogens is 2. The number of carbonyl (C=O) groups is 1. The zero-order valence-corrected chi connectivity index (χ0v) is 10.6. The summed E-state index contributed by atoms with van der Waals surface area (Å²) in [6.45, 7) is 0. The van der Waals surface area contributed by atoms with Gasteiger partial charge in [-0.1, -0.05) is 6.07 Å². The van der Waals surface area contributed by atoms with Crippen LogP contribution < -0.4 is 0 Å².